The molecule has 170 valence electrons. The molecule has 0 saturated carbocycles. The molecule has 3 aromatic carbocycles. The first kappa shape index (κ1) is 22.2. The summed E-state index contributed by atoms with van der Waals surface area (Å²) in [5.74, 6) is -1.57. The van der Waals surface area contributed by atoms with Gasteiger partial charge in [-0.05, 0) is 35.9 Å². The number of halogens is 2. The van der Waals surface area contributed by atoms with Gasteiger partial charge < -0.3 is 10.5 Å². The molecule has 9 heteroatoms. The molecule has 6 nitrogen and oxygen atoms in total. The van der Waals surface area contributed by atoms with E-state index in [-0.39, 0.29) is 34.2 Å². The lowest BCUT2D eigenvalue weighted by Gasteiger charge is -2.38. The lowest BCUT2D eigenvalue weighted by Crippen LogP contribution is -2.39. The van der Waals surface area contributed by atoms with Crippen LogP contribution in [0.25, 0.3) is 5.76 Å². The zero-order chi connectivity index (χ0) is 24.0. The SMILES string of the molecule is N#CC1=C(N)OC2=C(C1c1ccc(Br)cc1)S(=O)(=O)N(Cc1ccccc1F)c1ccccc12. The Bertz CT molecular complexity index is 1530. The van der Waals surface area contributed by atoms with Crippen LogP contribution in [-0.4, -0.2) is 8.42 Å². The fourth-order valence-electron chi connectivity index (χ4n) is 4.25. The van der Waals surface area contributed by atoms with E-state index in [0.29, 0.717) is 16.8 Å². The number of fused-ring (bicyclic) bond motifs is 2. The number of ether oxygens (including phenoxy) is 1. The molecular weight excluding hydrogens is 521 g/mol. The minimum Gasteiger partial charge on any atom is -0.439 e. The van der Waals surface area contributed by atoms with Crippen LogP contribution < -0.4 is 10.0 Å². The Balaban J connectivity index is 1.77. The molecule has 0 fully saturated rings. The molecule has 1 atom stereocenters. The van der Waals surface area contributed by atoms with E-state index in [1.165, 1.54) is 6.07 Å². The van der Waals surface area contributed by atoms with E-state index < -0.39 is 21.8 Å². The first-order valence-corrected chi connectivity index (χ1v) is 12.5. The average molecular weight is 538 g/mol. The molecule has 2 heterocycles. The molecule has 2 N–H and O–H groups in total. The number of rotatable bonds is 3. The maximum absolute atomic E-state index is 14.5. The van der Waals surface area contributed by atoms with E-state index in [9.17, 15) is 18.1 Å². The largest absolute Gasteiger partial charge is 0.439 e. The van der Waals surface area contributed by atoms with Crippen LogP contribution in [0.1, 0.15) is 22.6 Å². The number of benzene rings is 3. The van der Waals surface area contributed by atoms with Crippen molar-refractivity contribution in [2.45, 2.75) is 12.5 Å². The van der Waals surface area contributed by atoms with Gasteiger partial charge in [-0.1, -0.05) is 58.4 Å². The van der Waals surface area contributed by atoms with Gasteiger partial charge in [0, 0.05) is 15.6 Å². The summed E-state index contributed by atoms with van der Waals surface area (Å²) in [4.78, 5) is -0.101. The van der Waals surface area contributed by atoms with Crippen molar-refractivity contribution in [1.29, 1.82) is 5.26 Å². The van der Waals surface area contributed by atoms with Crippen LogP contribution in [0.2, 0.25) is 0 Å². The quantitative estimate of drug-likeness (QED) is 0.500. The molecule has 0 radical (unpaired) electrons. The number of nitrogens with two attached hydrogens (primary N) is 1. The highest BCUT2D eigenvalue weighted by Gasteiger charge is 2.47. The normalized spacial score (nSPS) is 18.6. The Morgan fingerprint density at radius 1 is 1.06 bits per heavy atom. The van der Waals surface area contributed by atoms with E-state index >= 15 is 0 Å². The number of hydrogen-bond donors (Lipinski definition) is 1. The highest BCUT2D eigenvalue weighted by atomic mass is 79.9. The second-order valence-electron chi connectivity index (χ2n) is 7.79. The zero-order valence-corrected chi connectivity index (χ0v) is 20.0. The van der Waals surface area contributed by atoms with Crippen molar-refractivity contribution in [2.75, 3.05) is 4.31 Å². The van der Waals surface area contributed by atoms with Gasteiger partial charge in [0.15, 0.2) is 5.76 Å². The fraction of sp³-hybridized carbons (Fsp3) is 0.0800. The standard InChI is InChI=1S/C25H17BrFN3O3S/c26-17-11-9-15(10-12-17)22-19(13-28)25(29)33-23-18-6-2-4-8-21(18)30(34(31,32)24(22)23)14-16-5-1-3-7-20(16)27/h1-12,22H,14,29H2. The Hall–Kier alpha value is -3.61. The number of para-hydroxylation sites is 1. The topological polar surface area (TPSA) is 96.4 Å². The van der Waals surface area contributed by atoms with Crippen LogP contribution in [0, 0.1) is 17.1 Å². The number of nitrogens with zero attached hydrogens (tertiary/aromatic N) is 2. The van der Waals surface area contributed by atoms with Gasteiger partial charge in [0.1, 0.15) is 22.4 Å². The summed E-state index contributed by atoms with van der Waals surface area (Å²) in [7, 11) is -4.26. The van der Waals surface area contributed by atoms with Crippen LogP contribution in [0.15, 0.2) is 93.6 Å². The predicted molar refractivity (Wildman–Crippen MR) is 130 cm³/mol. The van der Waals surface area contributed by atoms with Crippen molar-refractivity contribution >= 4 is 37.4 Å². The van der Waals surface area contributed by atoms with Crippen molar-refractivity contribution < 1.29 is 17.5 Å². The average Bonchev–Trinajstić information content (AvgIpc) is 2.82. The minimum absolute atomic E-state index is 0.00475. The Morgan fingerprint density at radius 3 is 2.44 bits per heavy atom. The van der Waals surface area contributed by atoms with Crippen LogP contribution in [0.5, 0.6) is 0 Å². The lowest BCUT2D eigenvalue weighted by molar-refractivity contribution is 0.357. The van der Waals surface area contributed by atoms with Crippen molar-refractivity contribution in [2.24, 2.45) is 5.73 Å². The van der Waals surface area contributed by atoms with Crippen molar-refractivity contribution in [3.63, 3.8) is 0 Å². The fourth-order valence-corrected chi connectivity index (χ4v) is 6.42. The number of sulfonamides is 1. The first-order chi connectivity index (χ1) is 16.3. The maximum atomic E-state index is 14.5. The Morgan fingerprint density at radius 2 is 1.74 bits per heavy atom. The van der Waals surface area contributed by atoms with Gasteiger partial charge in [0.25, 0.3) is 10.0 Å². The Labute approximate surface area is 204 Å². The molecule has 1 unspecified atom stereocenters. The Kier molecular flexibility index (Phi) is 5.42. The second kappa shape index (κ2) is 8.31. The molecule has 3 aromatic rings. The van der Waals surface area contributed by atoms with Gasteiger partial charge in [0.05, 0.1) is 18.2 Å². The molecule has 0 aliphatic carbocycles. The van der Waals surface area contributed by atoms with Gasteiger partial charge in [-0.3, -0.25) is 4.31 Å². The first-order valence-electron chi connectivity index (χ1n) is 10.3. The monoisotopic (exact) mass is 537 g/mol. The van der Waals surface area contributed by atoms with Gasteiger partial charge in [0.2, 0.25) is 5.88 Å². The van der Waals surface area contributed by atoms with E-state index in [2.05, 4.69) is 15.9 Å². The number of nitriles is 1. The summed E-state index contributed by atoms with van der Waals surface area (Å²) in [6.45, 7) is -0.225. The molecule has 0 aromatic heterocycles. The summed E-state index contributed by atoms with van der Waals surface area (Å²) >= 11 is 3.38. The third-order valence-electron chi connectivity index (χ3n) is 5.83. The highest BCUT2D eigenvalue weighted by molar-refractivity contribution is 9.10. The lowest BCUT2D eigenvalue weighted by atomic mass is 9.88. The molecule has 0 bridgehead atoms. The smallest absolute Gasteiger partial charge is 0.265 e. The van der Waals surface area contributed by atoms with Crippen LogP contribution in [0.3, 0.4) is 0 Å². The summed E-state index contributed by atoms with van der Waals surface area (Å²) in [6.07, 6.45) is 0. The van der Waals surface area contributed by atoms with E-state index in [1.807, 2.05) is 6.07 Å². The minimum atomic E-state index is -4.26. The van der Waals surface area contributed by atoms with Crippen LogP contribution in [-0.2, 0) is 21.3 Å². The maximum Gasteiger partial charge on any atom is 0.265 e. The molecule has 0 spiro atoms. The number of hydrogen-bond acceptors (Lipinski definition) is 5. The highest BCUT2D eigenvalue weighted by Crippen LogP contribution is 2.51. The second-order valence-corrected chi connectivity index (χ2v) is 10.5. The molecule has 2 aliphatic rings. The van der Waals surface area contributed by atoms with Crippen LogP contribution >= 0.6 is 15.9 Å². The van der Waals surface area contributed by atoms with Gasteiger partial charge in [-0.15, -0.1) is 0 Å². The molecule has 34 heavy (non-hydrogen) atoms. The molecule has 0 saturated heterocycles. The summed E-state index contributed by atoms with van der Waals surface area (Å²) in [5.41, 5.74) is 7.72. The van der Waals surface area contributed by atoms with Gasteiger partial charge in [-0.25, -0.2) is 12.8 Å². The van der Waals surface area contributed by atoms with E-state index in [0.717, 1.165) is 8.78 Å². The van der Waals surface area contributed by atoms with Crippen molar-refractivity contribution in [3.8, 4) is 6.07 Å². The van der Waals surface area contributed by atoms with E-state index in [4.69, 9.17) is 10.5 Å². The summed E-state index contributed by atoms with van der Waals surface area (Å²) in [5, 5.41) is 9.88. The van der Waals surface area contributed by atoms with Crippen molar-refractivity contribution in [3.05, 3.63) is 116 Å². The summed E-state index contributed by atoms with van der Waals surface area (Å²) in [6, 6.07) is 21.8. The third-order valence-corrected chi connectivity index (χ3v) is 8.24. The molecule has 5 rings (SSSR count). The molecular formula is C25H17BrFN3O3S. The predicted octanol–water partition coefficient (Wildman–Crippen LogP) is 5.11. The van der Waals surface area contributed by atoms with E-state index in [1.54, 1.807) is 66.7 Å². The molecule has 2 aliphatic heterocycles. The summed E-state index contributed by atoms with van der Waals surface area (Å²) < 4.78 is 50.5. The number of anilines is 1. The number of allylic oxidation sites excluding steroid dienone is 2. The van der Waals surface area contributed by atoms with Gasteiger partial charge in [-0.2, -0.15) is 5.26 Å². The van der Waals surface area contributed by atoms with Gasteiger partial charge >= 0.3 is 0 Å². The zero-order valence-electron chi connectivity index (χ0n) is 17.6. The third kappa shape index (κ3) is 3.47. The van der Waals surface area contributed by atoms with Crippen LogP contribution in [0.4, 0.5) is 10.1 Å². The van der Waals surface area contributed by atoms with Crippen molar-refractivity contribution in [1.82, 2.24) is 0 Å². The molecule has 0 amide bonds.